The van der Waals surface area contributed by atoms with Crippen molar-refractivity contribution in [2.75, 3.05) is 38.1 Å². The first-order valence-corrected chi connectivity index (χ1v) is 8.60. The summed E-state index contributed by atoms with van der Waals surface area (Å²) in [6, 6.07) is 3.58. The van der Waals surface area contributed by atoms with Crippen LogP contribution in [0.1, 0.15) is 25.8 Å². The second-order valence-corrected chi connectivity index (χ2v) is 8.16. The highest BCUT2D eigenvalue weighted by molar-refractivity contribution is 7.18. The number of piperazine rings is 1. The van der Waals surface area contributed by atoms with Crippen LogP contribution in [-0.2, 0) is 5.41 Å². The molecule has 0 spiro atoms. The number of nitro benzene ring substituents is 1. The maximum Gasteiger partial charge on any atom is 0.294 e. The molecule has 23 heavy (non-hydrogen) atoms. The van der Waals surface area contributed by atoms with E-state index < -0.39 is 0 Å². The summed E-state index contributed by atoms with van der Waals surface area (Å²) in [5.41, 5.74) is 1.69. The van der Waals surface area contributed by atoms with Gasteiger partial charge in [0.1, 0.15) is 5.69 Å². The molecule has 0 radical (unpaired) electrons. The van der Waals surface area contributed by atoms with Gasteiger partial charge in [-0.25, -0.2) is 4.98 Å². The van der Waals surface area contributed by atoms with Gasteiger partial charge in [-0.15, -0.1) is 11.3 Å². The van der Waals surface area contributed by atoms with E-state index in [1.54, 1.807) is 17.4 Å². The van der Waals surface area contributed by atoms with E-state index in [0.717, 1.165) is 41.4 Å². The monoisotopic (exact) mass is 334 g/mol. The zero-order chi connectivity index (χ0) is 16.8. The molecule has 1 aliphatic rings. The minimum atomic E-state index is -0.274. The number of nitro groups is 1. The normalized spacial score (nSPS) is 17.0. The molecule has 0 saturated carbocycles. The first kappa shape index (κ1) is 16.1. The number of nitrogens with zero attached hydrogens (tertiary/aromatic N) is 4. The maximum atomic E-state index is 11.5. The summed E-state index contributed by atoms with van der Waals surface area (Å²) < 4.78 is 0.888. The van der Waals surface area contributed by atoms with E-state index in [-0.39, 0.29) is 16.0 Å². The number of thiazole rings is 1. The van der Waals surface area contributed by atoms with Crippen molar-refractivity contribution in [2.24, 2.45) is 0 Å². The third-order valence-corrected chi connectivity index (χ3v) is 5.61. The fourth-order valence-electron chi connectivity index (χ4n) is 2.72. The molecule has 0 unspecified atom stereocenters. The lowest BCUT2D eigenvalue weighted by atomic mass is 9.98. The molecule has 0 amide bonds. The van der Waals surface area contributed by atoms with Gasteiger partial charge in [0.05, 0.1) is 20.1 Å². The number of aromatic nitrogens is 1. The SMILES string of the molecule is CN1CCN(c2cc3nc(C(C)(C)C)sc3cc2[N+](=O)[O-])CC1. The topological polar surface area (TPSA) is 62.5 Å². The summed E-state index contributed by atoms with van der Waals surface area (Å²) in [6.07, 6.45) is 0. The predicted octanol–water partition coefficient (Wildman–Crippen LogP) is 3.25. The molecule has 1 aliphatic heterocycles. The van der Waals surface area contributed by atoms with Crippen molar-refractivity contribution in [2.45, 2.75) is 26.2 Å². The summed E-state index contributed by atoms with van der Waals surface area (Å²) in [5, 5.41) is 12.5. The molecule has 6 nitrogen and oxygen atoms in total. The van der Waals surface area contributed by atoms with Crippen LogP contribution in [0.2, 0.25) is 0 Å². The van der Waals surface area contributed by atoms with Gasteiger partial charge in [-0.3, -0.25) is 10.1 Å². The van der Waals surface area contributed by atoms with Gasteiger partial charge in [0.25, 0.3) is 5.69 Å². The van der Waals surface area contributed by atoms with Crippen LogP contribution in [0, 0.1) is 10.1 Å². The largest absolute Gasteiger partial charge is 0.363 e. The average Bonchev–Trinajstić information content (AvgIpc) is 2.89. The second-order valence-electron chi connectivity index (χ2n) is 7.13. The molecule has 2 heterocycles. The molecule has 7 heteroatoms. The van der Waals surface area contributed by atoms with Gasteiger partial charge in [-0.2, -0.15) is 0 Å². The number of benzene rings is 1. The number of likely N-dealkylation sites (N-methyl/N-ethyl adjacent to an activating group) is 1. The third-order valence-electron chi connectivity index (χ3n) is 4.17. The first-order chi connectivity index (χ1) is 10.8. The summed E-state index contributed by atoms with van der Waals surface area (Å²) in [5.74, 6) is 0. The van der Waals surface area contributed by atoms with E-state index >= 15 is 0 Å². The van der Waals surface area contributed by atoms with E-state index in [1.807, 2.05) is 6.07 Å². The molecule has 0 atom stereocenters. The van der Waals surface area contributed by atoms with Crippen LogP contribution in [0.15, 0.2) is 12.1 Å². The van der Waals surface area contributed by atoms with Gasteiger partial charge in [-0.05, 0) is 13.1 Å². The quantitative estimate of drug-likeness (QED) is 0.623. The van der Waals surface area contributed by atoms with E-state index in [9.17, 15) is 10.1 Å². The van der Waals surface area contributed by atoms with E-state index in [0.29, 0.717) is 5.69 Å². The van der Waals surface area contributed by atoms with Crippen LogP contribution in [0.3, 0.4) is 0 Å². The van der Waals surface area contributed by atoms with E-state index in [2.05, 4.69) is 37.6 Å². The lowest BCUT2D eigenvalue weighted by Crippen LogP contribution is -2.44. The Morgan fingerprint density at radius 2 is 1.87 bits per heavy atom. The van der Waals surface area contributed by atoms with Gasteiger partial charge >= 0.3 is 0 Å². The summed E-state index contributed by atoms with van der Waals surface area (Å²) in [4.78, 5) is 20.3. The van der Waals surface area contributed by atoms with Gasteiger partial charge in [0.15, 0.2) is 0 Å². The molecule has 124 valence electrons. The number of rotatable bonds is 2. The summed E-state index contributed by atoms with van der Waals surface area (Å²) in [7, 11) is 2.07. The Hall–Kier alpha value is -1.73. The van der Waals surface area contributed by atoms with Gasteiger partial charge < -0.3 is 9.80 Å². The Kier molecular flexibility index (Phi) is 4.01. The van der Waals surface area contributed by atoms with Crippen LogP contribution >= 0.6 is 11.3 Å². The van der Waals surface area contributed by atoms with Crippen LogP contribution in [0.25, 0.3) is 10.2 Å². The third kappa shape index (κ3) is 3.16. The van der Waals surface area contributed by atoms with Crippen LogP contribution in [0.4, 0.5) is 11.4 Å². The molecule has 2 aromatic rings. The summed E-state index contributed by atoms with van der Waals surface area (Å²) in [6.45, 7) is 9.78. The number of anilines is 1. The first-order valence-electron chi connectivity index (χ1n) is 7.78. The average molecular weight is 334 g/mol. The Morgan fingerprint density at radius 1 is 1.22 bits per heavy atom. The Labute approximate surface area is 139 Å². The molecule has 0 bridgehead atoms. The molecule has 1 aromatic heterocycles. The van der Waals surface area contributed by atoms with Crippen molar-refractivity contribution in [3.05, 3.63) is 27.3 Å². The highest BCUT2D eigenvalue weighted by atomic mass is 32.1. The smallest absolute Gasteiger partial charge is 0.294 e. The summed E-state index contributed by atoms with van der Waals surface area (Å²) >= 11 is 1.55. The van der Waals surface area contributed by atoms with Crippen molar-refractivity contribution >= 4 is 32.9 Å². The highest BCUT2D eigenvalue weighted by Gasteiger charge is 2.26. The van der Waals surface area contributed by atoms with Gasteiger partial charge in [0, 0.05) is 37.7 Å². The van der Waals surface area contributed by atoms with Crippen LogP contribution in [0.5, 0.6) is 0 Å². The Balaban J connectivity index is 2.08. The molecule has 1 aromatic carbocycles. The Morgan fingerprint density at radius 3 is 2.43 bits per heavy atom. The lowest BCUT2D eigenvalue weighted by molar-refractivity contribution is -0.384. The standard InChI is InChI=1S/C16H22N4O2S/c1-16(2,3)15-17-11-9-12(19-7-5-18(4)6-8-19)13(20(21)22)10-14(11)23-15/h9-10H,5-8H2,1-4H3. The van der Waals surface area contributed by atoms with Crippen molar-refractivity contribution in [3.63, 3.8) is 0 Å². The molecule has 0 aliphatic carbocycles. The van der Waals surface area contributed by atoms with Crippen molar-refractivity contribution < 1.29 is 4.92 Å². The van der Waals surface area contributed by atoms with Crippen LogP contribution in [-0.4, -0.2) is 48.0 Å². The molecular weight excluding hydrogens is 312 g/mol. The van der Waals surface area contributed by atoms with Crippen molar-refractivity contribution in [1.29, 1.82) is 0 Å². The molecule has 1 fully saturated rings. The van der Waals surface area contributed by atoms with Crippen molar-refractivity contribution in [3.8, 4) is 0 Å². The molecular formula is C16H22N4O2S. The van der Waals surface area contributed by atoms with Crippen molar-refractivity contribution in [1.82, 2.24) is 9.88 Å². The minimum Gasteiger partial charge on any atom is -0.363 e. The van der Waals surface area contributed by atoms with Gasteiger partial charge in [-0.1, -0.05) is 20.8 Å². The molecule has 1 saturated heterocycles. The second kappa shape index (κ2) is 5.72. The fraction of sp³-hybridized carbons (Fsp3) is 0.562. The van der Waals surface area contributed by atoms with E-state index in [4.69, 9.17) is 4.98 Å². The fourth-order valence-corrected chi connectivity index (χ4v) is 3.76. The number of hydrogen-bond donors (Lipinski definition) is 0. The number of hydrogen-bond acceptors (Lipinski definition) is 6. The lowest BCUT2D eigenvalue weighted by Gasteiger charge is -2.33. The van der Waals surface area contributed by atoms with Crippen LogP contribution < -0.4 is 4.90 Å². The molecule has 3 rings (SSSR count). The van der Waals surface area contributed by atoms with Gasteiger partial charge in [0.2, 0.25) is 0 Å². The molecule has 0 N–H and O–H groups in total. The zero-order valence-corrected chi connectivity index (χ0v) is 14.8. The zero-order valence-electron chi connectivity index (χ0n) is 14.0. The maximum absolute atomic E-state index is 11.5. The predicted molar refractivity (Wildman–Crippen MR) is 94.7 cm³/mol. The highest BCUT2D eigenvalue weighted by Crippen LogP contribution is 2.38. The Bertz CT molecular complexity index is 742. The minimum absolute atomic E-state index is 0.0491. The van der Waals surface area contributed by atoms with E-state index in [1.165, 1.54) is 0 Å². The number of fused-ring (bicyclic) bond motifs is 1.